The highest BCUT2D eigenvalue weighted by atomic mass is 16.3. The molecule has 0 bridgehead atoms. The summed E-state index contributed by atoms with van der Waals surface area (Å²) in [4.78, 5) is 13.1. The highest BCUT2D eigenvalue weighted by Crippen LogP contribution is 2.00. The topological polar surface area (TPSA) is 96.6 Å². The van der Waals surface area contributed by atoms with E-state index in [1.165, 1.54) is 11.1 Å². The van der Waals surface area contributed by atoms with Gasteiger partial charge in [-0.15, -0.1) is 0 Å². The number of hydrogen-bond donors (Lipinski definition) is 3. The molecule has 0 saturated carbocycles. The van der Waals surface area contributed by atoms with E-state index in [0.717, 1.165) is 12.8 Å². The standard InChI is InChI=1S/C12H21N3O3/c1-2-3-4-14-10-11(9-13)12(18)15(5-7-16)6-8-17/h10,14,16-17H,2-8H2,1H3/b11-10-. The number of nitrogens with one attached hydrogen (secondary N) is 1. The van der Waals surface area contributed by atoms with Gasteiger partial charge < -0.3 is 20.4 Å². The number of carbonyl (C=O) groups is 1. The smallest absolute Gasteiger partial charge is 0.266 e. The minimum absolute atomic E-state index is 0.0204. The largest absolute Gasteiger partial charge is 0.395 e. The molecule has 0 saturated heterocycles. The van der Waals surface area contributed by atoms with E-state index in [-0.39, 0.29) is 31.9 Å². The van der Waals surface area contributed by atoms with Crippen LogP contribution in [0.2, 0.25) is 0 Å². The van der Waals surface area contributed by atoms with Crippen molar-refractivity contribution < 1.29 is 15.0 Å². The molecule has 6 heteroatoms. The Morgan fingerprint density at radius 3 is 2.44 bits per heavy atom. The zero-order chi connectivity index (χ0) is 13.8. The minimum Gasteiger partial charge on any atom is -0.395 e. The fourth-order valence-electron chi connectivity index (χ4n) is 1.32. The second kappa shape index (κ2) is 10.6. The van der Waals surface area contributed by atoms with Crippen molar-refractivity contribution in [2.75, 3.05) is 32.8 Å². The van der Waals surface area contributed by atoms with Gasteiger partial charge in [-0.05, 0) is 6.42 Å². The molecule has 0 spiro atoms. The number of carbonyl (C=O) groups excluding carboxylic acids is 1. The van der Waals surface area contributed by atoms with Gasteiger partial charge in [0.1, 0.15) is 11.6 Å². The Bertz CT molecular complexity index is 304. The summed E-state index contributed by atoms with van der Waals surface area (Å²) in [6.07, 6.45) is 3.37. The number of amides is 1. The summed E-state index contributed by atoms with van der Waals surface area (Å²) in [7, 11) is 0. The number of nitriles is 1. The Balaban J connectivity index is 4.51. The van der Waals surface area contributed by atoms with Gasteiger partial charge >= 0.3 is 0 Å². The van der Waals surface area contributed by atoms with Crippen LogP contribution in [-0.4, -0.2) is 53.9 Å². The lowest BCUT2D eigenvalue weighted by Gasteiger charge is -2.19. The van der Waals surface area contributed by atoms with E-state index in [9.17, 15) is 4.79 Å². The SMILES string of the molecule is CCCCN/C=C(/C#N)C(=O)N(CCO)CCO. The van der Waals surface area contributed by atoms with Gasteiger partial charge in [0.2, 0.25) is 0 Å². The summed E-state index contributed by atoms with van der Waals surface area (Å²) in [6.45, 7) is 2.56. The molecule has 0 aromatic heterocycles. The molecule has 0 aliphatic carbocycles. The lowest BCUT2D eigenvalue weighted by molar-refractivity contribution is -0.127. The zero-order valence-electron chi connectivity index (χ0n) is 10.7. The quantitative estimate of drug-likeness (QED) is 0.296. The molecule has 0 unspecified atom stereocenters. The van der Waals surface area contributed by atoms with E-state index in [4.69, 9.17) is 15.5 Å². The third kappa shape index (κ3) is 6.23. The Kier molecular flexibility index (Phi) is 9.64. The molecule has 0 fully saturated rings. The predicted octanol–water partition coefficient (Wildman–Crippen LogP) is -0.403. The Morgan fingerprint density at radius 2 is 2.00 bits per heavy atom. The van der Waals surface area contributed by atoms with Crippen LogP contribution < -0.4 is 5.32 Å². The number of aliphatic hydroxyl groups excluding tert-OH is 2. The molecule has 0 aromatic carbocycles. The first-order valence-electron chi connectivity index (χ1n) is 6.05. The normalized spacial score (nSPS) is 10.9. The third-order valence-electron chi connectivity index (χ3n) is 2.30. The fourth-order valence-corrected chi connectivity index (χ4v) is 1.32. The van der Waals surface area contributed by atoms with Crippen LogP contribution in [0.3, 0.4) is 0 Å². The monoisotopic (exact) mass is 255 g/mol. The summed E-state index contributed by atoms with van der Waals surface area (Å²) in [5, 5.41) is 29.4. The molecule has 6 nitrogen and oxygen atoms in total. The first-order valence-corrected chi connectivity index (χ1v) is 6.05. The van der Waals surface area contributed by atoms with Gasteiger partial charge in [0.05, 0.1) is 13.2 Å². The summed E-state index contributed by atoms with van der Waals surface area (Å²) < 4.78 is 0. The van der Waals surface area contributed by atoms with Gasteiger partial charge in [0, 0.05) is 25.8 Å². The average molecular weight is 255 g/mol. The van der Waals surface area contributed by atoms with Crippen molar-refractivity contribution in [1.82, 2.24) is 10.2 Å². The number of unbranched alkanes of at least 4 members (excludes halogenated alkanes) is 1. The van der Waals surface area contributed by atoms with Gasteiger partial charge in [0.15, 0.2) is 0 Å². The van der Waals surface area contributed by atoms with E-state index in [1.54, 1.807) is 0 Å². The maximum absolute atomic E-state index is 11.9. The summed E-state index contributed by atoms with van der Waals surface area (Å²) in [5.41, 5.74) is -0.0204. The van der Waals surface area contributed by atoms with Crippen LogP contribution in [0.15, 0.2) is 11.8 Å². The van der Waals surface area contributed by atoms with Crippen molar-refractivity contribution in [1.29, 1.82) is 5.26 Å². The molecule has 1 amide bonds. The van der Waals surface area contributed by atoms with Crippen molar-refractivity contribution >= 4 is 5.91 Å². The first-order chi connectivity index (χ1) is 8.71. The Morgan fingerprint density at radius 1 is 1.39 bits per heavy atom. The van der Waals surface area contributed by atoms with Crippen LogP contribution in [-0.2, 0) is 4.79 Å². The number of rotatable bonds is 9. The average Bonchev–Trinajstić information content (AvgIpc) is 2.38. The molecule has 102 valence electrons. The maximum Gasteiger partial charge on any atom is 0.266 e. The van der Waals surface area contributed by atoms with Crippen LogP contribution in [0.1, 0.15) is 19.8 Å². The molecule has 0 aliphatic heterocycles. The Hall–Kier alpha value is -1.58. The molecule has 0 aliphatic rings. The van der Waals surface area contributed by atoms with Gasteiger partial charge in [-0.2, -0.15) is 5.26 Å². The Labute approximate surface area is 108 Å². The van der Waals surface area contributed by atoms with Crippen LogP contribution >= 0.6 is 0 Å². The molecule has 3 N–H and O–H groups in total. The highest BCUT2D eigenvalue weighted by molar-refractivity contribution is 5.97. The van der Waals surface area contributed by atoms with E-state index < -0.39 is 5.91 Å². The van der Waals surface area contributed by atoms with Crippen LogP contribution in [0.5, 0.6) is 0 Å². The summed E-state index contributed by atoms with van der Waals surface area (Å²) in [6, 6.07) is 1.82. The molecule has 18 heavy (non-hydrogen) atoms. The van der Waals surface area contributed by atoms with Gasteiger partial charge in [-0.3, -0.25) is 4.79 Å². The van der Waals surface area contributed by atoms with Crippen molar-refractivity contribution in [2.24, 2.45) is 0 Å². The van der Waals surface area contributed by atoms with Crippen molar-refractivity contribution in [3.8, 4) is 6.07 Å². The number of aliphatic hydroxyl groups is 2. The van der Waals surface area contributed by atoms with Crippen molar-refractivity contribution in [3.05, 3.63) is 11.8 Å². The van der Waals surface area contributed by atoms with Crippen LogP contribution in [0.25, 0.3) is 0 Å². The van der Waals surface area contributed by atoms with Crippen molar-refractivity contribution in [3.63, 3.8) is 0 Å². The molecule has 0 aromatic rings. The molecular formula is C12H21N3O3. The molecule has 0 heterocycles. The second-order valence-corrected chi connectivity index (χ2v) is 3.72. The van der Waals surface area contributed by atoms with E-state index in [0.29, 0.717) is 6.54 Å². The van der Waals surface area contributed by atoms with E-state index >= 15 is 0 Å². The third-order valence-corrected chi connectivity index (χ3v) is 2.30. The fraction of sp³-hybridized carbons (Fsp3) is 0.667. The number of nitrogens with zero attached hydrogens (tertiary/aromatic N) is 2. The van der Waals surface area contributed by atoms with Gasteiger partial charge in [-0.1, -0.05) is 13.3 Å². The molecule has 0 radical (unpaired) electrons. The van der Waals surface area contributed by atoms with E-state index in [2.05, 4.69) is 5.32 Å². The summed E-state index contributed by atoms with van der Waals surface area (Å²) >= 11 is 0. The van der Waals surface area contributed by atoms with Gasteiger partial charge in [0.25, 0.3) is 5.91 Å². The van der Waals surface area contributed by atoms with Crippen molar-refractivity contribution in [2.45, 2.75) is 19.8 Å². The maximum atomic E-state index is 11.9. The minimum atomic E-state index is -0.482. The van der Waals surface area contributed by atoms with Crippen LogP contribution in [0, 0.1) is 11.3 Å². The molecule has 0 rings (SSSR count). The van der Waals surface area contributed by atoms with Gasteiger partial charge in [-0.25, -0.2) is 0 Å². The highest BCUT2D eigenvalue weighted by Gasteiger charge is 2.17. The lowest BCUT2D eigenvalue weighted by atomic mass is 10.2. The second-order valence-electron chi connectivity index (χ2n) is 3.72. The lowest BCUT2D eigenvalue weighted by Crippen LogP contribution is -2.37. The van der Waals surface area contributed by atoms with Crippen LogP contribution in [0.4, 0.5) is 0 Å². The molecular weight excluding hydrogens is 234 g/mol. The predicted molar refractivity (Wildman–Crippen MR) is 67.4 cm³/mol. The molecule has 0 atom stereocenters. The number of hydrogen-bond acceptors (Lipinski definition) is 5. The zero-order valence-corrected chi connectivity index (χ0v) is 10.7. The summed E-state index contributed by atoms with van der Waals surface area (Å²) in [5.74, 6) is -0.482. The van der Waals surface area contributed by atoms with E-state index in [1.807, 2.05) is 13.0 Å². The first kappa shape index (κ1) is 16.4.